The van der Waals surface area contributed by atoms with E-state index in [1.54, 1.807) is 18.5 Å². The van der Waals surface area contributed by atoms with Gasteiger partial charge in [0, 0.05) is 34.8 Å². The van der Waals surface area contributed by atoms with Gasteiger partial charge in [-0.15, -0.1) is 0 Å². The topological polar surface area (TPSA) is 25.8 Å². The summed E-state index contributed by atoms with van der Waals surface area (Å²) < 4.78 is 0. The van der Waals surface area contributed by atoms with Gasteiger partial charge in [-0.2, -0.15) is 0 Å². The van der Waals surface area contributed by atoms with Crippen LogP contribution in [0.5, 0.6) is 0 Å². The van der Waals surface area contributed by atoms with Gasteiger partial charge in [-0.05, 0) is 6.07 Å². The maximum Gasteiger partial charge on any atom is 0.115 e. The van der Waals surface area contributed by atoms with Crippen LogP contribution in [0.4, 0.5) is 0 Å². The molecule has 3 radical (unpaired) electrons. The van der Waals surface area contributed by atoms with Crippen LogP contribution in [-0.4, -0.2) is 9.97 Å². The van der Waals surface area contributed by atoms with Gasteiger partial charge in [0.15, 0.2) is 0 Å². The SMILES string of the molecule is [Ag].[CH2].c1cncnc1. The van der Waals surface area contributed by atoms with Crippen LogP contribution in [0.1, 0.15) is 0 Å². The van der Waals surface area contributed by atoms with Crippen LogP contribution in [0.3, 0.4) is 0 Å². The summed E-state index contributed by atoms with van der Waals surface area (Å²) in [4.78, 5) is 7.35. The van der Waals surface area contributed by atoms with E-state index < -0.39 is 0 Å². The molecule has 0 aliphatic heterocycles. The Morgan fingerprint density at radius 1 is 1.00 bits per heavy atom. The van der Waals surface area contributed by atoms with E-state index in [4.69, 9.17) is 0 Å². The third-order valence-corrected chi connectivity index (χ3v) is 0.478. The zero-order valence-corrected chi connectivity index (χ0v) is 5.69. The maximum absolute atomic E-state index is 3.67. The molecule has 1 heterocycles. The maximum atomic E-state index is 3.67. The van der Waals surface area contributed by atoms with Crippen LogP contribution in [0, 0.1) is 7.43 Å². The van der Waals surface area contributed by atoms with Gasteiger partial charge in [-0.1, -0.05) is 7.43 Å². The zero-order valence-electron chi connectivity index (χ0n) is 4.21. The van der Waals surface area contributed by atoms with Gasteiger partial charge >= 0.3 is 0 Å². The van der Waals surface area contributed by atoms with Crippen molar-refractivity contribution in [3.63, 3.8) is 0 Å². The first-order valence-electron chi connectivity index (χ1n) is 1.70. The molecule has 2 nitrogen and oxygen atoms in total. The Kier molecular flexibility index (Phi) is 9.15. The van der Waals surface area contributed by atoms with E-state index in [1.165, 1.54) is 6.33 Å². The minimum absolute atomic E-state index is 0. The molecular formula is C5H6AgN2. The van der Waals surface area contributed by atoms with Gasteiger partial charge in [0.25, 0.3) is 0 Å². The van der Waals surface area contributed by atoms with Gasteiger partial charge in [0.05, 0.1) is 0 Å². The molecule has 0 fully saturated rings. The van der Waals surface area contributed by atoms with E-state index in [0.29, 0.717) is 0 Å². The van der Waals surface area contributed by atoms with Crippen LogP contribution in [0.25, 0.3) is 0 Å². The Morgan fingerprint density at radius 2 is 1.50 bits per heavy atom. The molecular weight excluding hydrogens is 196 g/mol. The first kappa shape index (κ1) is 10.7. The van der Waals surface area contributed by atoms with Crippen molar-refractivity contribution in [2.45, 2.75) is 0 Å². The van der Waals surface area contributed by atoms with Crippen molar-refractivity contribution in [3.8, 4) is 0 Å². The molecule has 1 rings (SSSR count). The molecule has 0 saturated heterocycles. The van der Waals surface area contributed by atoms with Crippen molar-refractivity contribution in [1.29, 1.82) is 0 Å². The molecule has 8 heavy (non-hydrogen) atoms. The molecule has 1 aromatic heterocycles. The van der Waals surface area contributed by atoms with Gasteiger partial charge in [-0.3, -0.25) is 0 Å². The molecule has 0 amide bonds. The monoisotopic (exact) mass is 201 g/mol. The predicted octanol–water partition coefficient (Wildman–Crippen LogP) is 0.801. The fourth-order valence-corrected chi connectivity index (χ4v) is 0.253. The molecule has 0 aliphatic carbocycles. The van der Waals surface area contributed by atoms with E-state index in [1.807, 2.05) is 0 Å². The van der Waals surface area contributed by atoms with Crippen molar-refractivity contribution in [2.75, 3.05) is 0 Å². The van der Waals surface area contributed by atoms with Crippen molar-refractivity contribution >= 4 is 0 Å². The van der Waals surface area contributed by atoms with Crippen molar-refractivity contribution in [2.24, 2.45) is 0 Å². The van der Waals surface area contributed by atoms with Crippen LogP contribution in [-0.2, 0) is 22.4 Å². The molecule has 0 aliphatic rings. The van der Waals surface area contributed by atoms with E-state index in [2.05, 4.69) is 9.97 Å². The number of nitrogens with zero attached hydrogens (tertiary/aromatic N) is 2. The summed E-state index contributed by atoms with van der Waals surface area (Å²) in [6, 6.07) is 1.78. The summed E-state index contributed by atoms with van der Waals surface area (Å²) in [5.41, 5.74) is 0. The second kappa shape index (κ2) is 6.82. The largest absolute Gasteiger partial charge is 0.245 e. The van der Waals surface area contributed by atoms with Gasteiger partial charge in [-0.25, -0.2) is 9.97 Å². The predicted molar refractivity (Wildman–Crippen MR) is 27.4 cm³/mol. The average Bonchev–Trinajstić information content (AvgIpc) is 1.72. The summed E-state index contributed by atoms with van der Waals surface area (Å²) in [6.45, 7) is 0. The van der Waals surface area contributed by atoms with E-state index in [0.717, 1.165) is 0 Å². The van der Waals surface area contributed by atoms with Crippen molar-refractivity contribution in [1.82, 2.24) is 9.97 Å². The van der Waals surface area contributed by atoms with Crippen molar-refractivity contribution < 1.29 is 22.4 Å². The Bertz CT molecular complexity index is 82.4. The zero-order chi connectivity index (χ0) is 4.24. The average molecular weight is 202 g/mol. The molecule has 0 atom stereocenters. The Morgan fingerprint density at radius 3 is 1.62 bits per heavy atom. The van der Waals surface area contributed by atoms with Gasteiger partial charge in [0.2, 0.25) is 0 Å². The third kappa shape index (κ3) is 3.99. The Labute approximate surface area is 64.9 Å². The number of rotatable bonds is 0. The van der Waals surface area contributed by atoms with Crippen molar-refractivity contribution in [3.05, 3.63) is 32.2 Å². The van der Waals surface area contributed by atoms with Crippen LogP contribution in [0.15, 0.2) is 24.8 Å². The van der Waals surface area contributed by atoms with Gasteiger partial charge in [0.1, 0.15) is 6.33 Å². The summed E-state index contributed by atoms with van der Waals surface area (Å²) >= 11 is 0. The molecule has 1 aromatic rings. The first-order valence-corrected chi connectivity index (χ1v) is 1.70. The minimum Gasteiger partial charge on any atom is -0.245 e. The fourth-order valence-electron chi connectivity index (χ4n) is 0.253. The summed E-state index contributed by atoms with van der Waals surface area (Å²) in [5.74, 6) is 0. The molecule has 0 saturated carbocycles. The second-order valence-electron chi connectivity index (χ2n) is 0.904. The molecule has 47 valence electrons. The summed E-state index contributed by atoms with van der Waals surface area (Å²) in [6.07, 6.45) is 4.88. The molecule has 0 unspecified atom stereocenters. The van der Waals surface area contributed by atoms with Crippen LogP contribution < -0.4 is 0 Å². The molecule has 0 spiro atoms. The van der Waals surface area contributed by atoms with E-state index >= 15 is 0 Å². The fraction of sp³-hybridized carbons (Fsp3) is 0. The second-order valence-corrected chi connectivity index (χ2v) is 0.904. The Balaban J connectivity index is 0. The minimum atomic E-state index is 0. The third-order valence-electron chi connectivity index (χ3n) is 0.478. The smallest absolute Gasteiger partial charge is 0.115 e. The molecule has 3 heteroatoms. The standard InChI is InChI=1S/C4H4N2.CH2.Ag/c1-2-5-4-6-3-1;;/h1-4H;1H2;. The van der Waals surface area contributed by atoms with E-state index in [-0.39, 0.29) is 29.8 Å². The first-order chi connectivity index (χ1) is 3.00. The quantitative estimate of drug-likeness (QED) is 0.581. The van der Waals surface area contributed by atoms with Crippen LogP contribution in [0.2, 0.25) is 0 Å². The summed E-state index contributed by atoms with van der Waals surface area (Å²) in [5, 5.41) is 0. The number of aromatic nitrogens is 2. The molecule has 0 N–H and O–H groups in total. The normalized spacial score (nSPS) is 6.00. The van der Waals surface area contributed by atoms with E-state index in [9.17, 15) is 0 Å². The number of hydrogen-bond acceptors (Lipinski definition) is 2. The van der Waals surface area contributed by atoms with Crippen LogP contribution >= 0.6 is 0 Å². The summed E-state index contributed by atoms with van der Waals surface area (Å²) in [7, 11) is 0. The molecule has 0 bridgehead atoms. The number of hydrogen-bond donors (Lipinski definition) is 0. The molecule has 0 aromatic carbocycles. The van der Waals surface area contributed by atoms with Gasteiger partial charge < -0.3 is 0 Å². The Hall–Kier alpha value is -0.180.